The van der Waals surface area contributed by atoms with Crippen LogP contribution in [-0.2, 0) is 20.7 Å². The molecule has 0 radical (unpaired) electrons. The first kappa shape index (κ1) is 23.4. The highest BCUT2D eigenvalue weighted by Gasteiger charge is 2.38. The van der Waals surface area contributed by atoms with Crippen molar-refractivity contribution in [3.8, 4) is 12.1 Å². The Balaban J connectivity index is 2.06. The van der Waals surface area contributed by atoms with Crippen LogP contribution in [-0.4, -0.2) is 23.3 Å². The van der Waals surface area contributed by atoms with E-state index in [0.717, 1.165) is 22.6 Å². The Morgan fingerprint density at radius 1 is 1.38 bits per heavy atom. The standard InChI is InChI=1S/C23H22N4O3S2/c1-4-16-13(3)9-14(10-24)22(27-16)32-12-17-20(23(28)29-5-2)19(18-7-6-8-31-18)15(11-25)21(26)30-17/h6-9,19H,4-5,12,26H2,1-3H3/t19-/m0/s1. The van der Waals surface area contributed by atoms with E-state index >= 15 is 0 Å². The number of allylic oxidation sites excluding steroid dienone is 1. The van der Waals surface area contributed by atoms with E-state index in [1.165, 1.54) is 23.1 Å². The lowest BCUT2D eigenvalue weighted by atomic mass is 9.87. The maximum Gasteiger partial charge on any atom is 0.338 e. The molecule has 2 N–H and O–H groups in total. The zero-order valence-electron chi connectivity index (χ0n) is 18.0. The first-order valence-electron chi connectivity index (χ1n) is 9.99. The first-order chi connectivity index (χ1) is 15.4. The first-order valence-corrected chi connectivity index (χ1v) is 11.9. The van der Waals surface area contributed by atoms with Crippen LogP contribution in [0.1, 0.15) is 41.5 Å². The van der Waals surface area contributed by atoms with Gasteiger partial charge in [0.1, 0.15) is 28.5 Å². The predicted molar refractivity (Wildman–Crippen MR) is 122 cm³/mol. The van der Waals surface area contributed by atoms with E-state index < -0.39 is 11.9 Å². The molecule has 164 valence electrons. The number of thiophene rings is 1. The molecule has 2 aromatic rings. The summed E-state index contributed by atoms with van der Waals surface area (Å²) in [5.74, 6) is -0.776. The van der Waals surface area contributed by atoms with Crippen LogP contribution in [0.25, 0.3) is 0 Å². The summed E-state index contributed by atoms with van der Waals surface area (Å²) in [4.78, 5) is 18.4. The Bertz CT molecular complexity index is 1170. The average molecular weight is 467 g/mol. The SMILES string of the molecule is CCOC(=O)C1=C(CSc2nc(CC)c(C)cc2C#N)OC(N)=C(C#N)[C@H]1c1cccs1. The number of nitrogens with two attached hydrogens (primary N) is 1. The van der Waals surface area contributed by atoms with Crippen molar-refractivity contribution in [1.82, 2.24) is 4.98 Å². The molecule has 3 heterocycles. The fourth-order valence-electron chi connectivity index (χ4n) is 3.41. The van der Waals surface area contributed by atoms with E-state index in [4.69, 9.17) is 15.2 Å². The normalized spacial score (nSPS) is 15.7. The topological polar surface area (TPSA) is 122 Å². The molecule has 0 unspecified atom stereocenters. The minimum Gasteiger partial charge on any atom is -0.463 e. The molecule has 0 aromatic carbocycles. The van der Waals surface area contributed by atoms with Gasteiger partial charge in [0.25, 0.3) is 0 Å². The molecular formula is C23H22N4O3S2. The van der Waals surface area contributed by atoms with Gasteiger partial charge in [-0.15, -0.1) is 11.3 Å². The van der Waals surface area contributed by atoms with E-state index in [1.807, 2.05) is 37.4 Å². The monoisotopic (exact) mass is 466 g/mol. The summed E-state index contributed by atoms with van der Waals surface area (Å²) < 4.78 is 11.1. The third kappa shape index (κ3) is 4.64. The Labute approximate surface area is 195 Å². The quantitative estimate of drug-likeness (QED) is 0.473. The van der Waals surface area contributed by atoms with Crippen molar-refractivity contribution in [2.24, 2.45) is 5.73 Å². The van der Waals surface area contributed by atoms with Gasteiger partial charge in [0.15, 0.2) is 0 Å². The second-order valence-electron chi connectivity index (χ2n) is 6.86. The number of hydrogen-bond donors (Lipinski definition) is 1. The van der Waals surface area contributed by atoms with Gasteiger partial charge in [-0.25, -0.2) is 9.78 Å². The van der Waals surface area contributed by atoms with Crippen LogP contribution in [0.15, 0.2) is 51.4 Å². The summed E-state index contributed by atoms with van der Waals surface area (Å²) in [6.07, 6.45) is 0.736. The van der Waals surface area contributed by atoms with E-state index in [0.29, 0.717) is 16.3 Å². The van der Waals surface area contributed by atoms with Gasteiger partial charge in [-0.1, -0.05) is 24.8 Å². The molecule has 0 fully saturated rings. The molecule has 0 bridgehead atoms. The fraction of sp³-hybridized carbons (Fsp3) is 0.304. The number of nitrogens with zero attached hydrogens (tertiary/aromatic N) is 3. The van der Waals surface area contributed by atoms with Gasteiger partial charge in [-0.05, 0) is 43.3 Å². The molecule has 0 saturated heterocycles. The van der Waals surface area contributed by atoms with Gasteiger partial charge >= 0.3 is 5.97 Å². The van der Waals surface area contributed by atoms with Crippen molar-refractivity contribution in [3.63, 3.8) is 0 Å². The van der Waals surface area contributed by atoms with Crippen LogP contribution >= 0.6 is 23.1 Å². The molecule has 1 aliphatic heterocycles. The Hall–Kier alpha value is -3.27. The minimum absolute atomic E-state index is 0.0406. The number of aryl methyl sites for hydroxylation is 2. The molecule has 1 aliphatic rings. The third-order valence-electron chi connectivity index (χ3n) is 4.90. The van der Waals surface area contributed by atoms with Crippen molar-refractivity contribution < 1.29 is 14.3 Å². The molecular weight excluding hydrogens is 444 g/mol. The second kappa shape index (κ2) is 10.4. The van der Waals surface area contributed by atoms with Gasteiger partial charge < -0.3 is 15.2 Å². The Morgan fingerprint density at radius 3 is 2.75 bits per heavy atom. The third-order valence-corrected chi connectivity index (χ3v) is 6.83. The lowest BCUT2D eigenvalue weighted by Gasteiger charge is -2.27. The van der Waals surface area contributed by atoms with Crippen molar-refractivity contribution in [2.45, 2.75) is 38.1 Å². The maximum absolute atomic E-state index is 13.0. The number of carbonyl (C=O) groups excluding carboxylic acids is 1. The minimum atomic E-state index is -0.670. The van der Waals surface area contributed by atoms with Crippen LogP contribution in [0, 0.1) is 29.6 Å². The molecule has 0 amide bonds. The number of nitriles is 2. The summed E-state index contributed by atoms with van der Waals surface area (Å²) in [7, 11) is 0. The van der Waals surface area contributed by atoms with Gasteiger partial charge in [0, 0.05) is 10.6 Å². The van der Waals surface area contributed by atoms with Crippen molar-refractivity contribution >= 4 is 29.1 Å². The van der Waals surface area contributed by atoms with Crippen LogP contribution in [0.2, 0.25) is 0 Å². The summed E-state index contributed by atoms with van der Waals surface area (Å²) in [5, 5.41) is 21.7. The van der Waals surface area contributed by atoms with Gasteiger partial charge in [-0.2, -0.15) is 10.5 Å². The molecule has 2 aromatic heterocycles. The molecule has 0 spiro atoms. The summed E-state index contributed by atoms with van der Waals surface area (Å²) in [6.45, 7) is 5.82. The summed E-state index contributed by atoms with van der Waals surface area (Å²) in [5.41, 5.74) is 8.80. The average Bonchev–Trinajstić information content (AvgIpc) is 3.32. The second-order valence-corrected chi connectivity index (χ2v) is 8.80. The van der Waals surface area contributed by atoms with Gasteiger partial charge in [-0.3, -0.25) is 0 Å². The number of thioether (sulfide) groups is 1. The highest BCUT2D eigenvalue weighted by Crippen LogP contribution is 2.42. The number of hydrogen-bond acceptors (Lipinski definition) is 9. The summed E-state index contributed by atoms with van der Waals surface area (Å²) >= 11 is 2.70. The zero-order valence-corrected chi connectivity index (χ0v) is 19.6. The molecule has 0 saturated carbocycles. The molecule has 9 heteroatoms. The lowest BCUT2D eigenvalue weighted by molar-refractivity contribution is -0.139. The lowest BCUT2D eigenvalue weighted by Crippen LogP contribution is -2.26. The molecule has 7 nitrogen and oxygen atoms in total. The van der Waals surface area contributed by atoms with Crippen LogP contribution in [0.3, 0.4) is 0 Å². The molecule has 32 heavy (non-hydrogen) atoms. The fourth-order valence-corrected chi connectivity index (χ4v) is 5.17. The maximum atomic E-state index is 13.0. The highest BCUT2D eigenvalue weighted by atomic mass is 32.2. The Kier molecular flexibility index (Phi) is 7.57. The van der Waals surface area contributed by atoms with Gasteiger partial charge in [0.2, 0.25) is 5.88 Å². The summed E-state index contributed by atoms with van der Waals surface area (Å²) in [6, 6.07) is 9.77. The largest absolute Gasteiger partial charge is 0.463 e. The number of pyridine rings is 1. The Morgan fingerprint density at radius 2 is 2.16 bits per heavy atom. The molecule has 0 aliphatic carbocycles. The number of esters is 1. The van der Waals surface area contributed by atoms with Gasteiger partial charge in [0.05, 0.1) is 29.4 Å². The van der Waals surface area contributed by atoms with Crippen molar-refractivity contribution in [2.75, 3.05) is 12.4 Å². The van der Waals surface area contributed by atoms with Crippen LogP contribution < -0.4 is 5.73 Å². The number of carbonyl (C=O) groups is 1. The molecule has 3 rings (SSSR count). The van der Waals surface area contributed by atoms with E-state index in [-0.39, 0.29) is 29.4 Å². The number of ether oxygens (including phenoxy) is 2. The van der Waals surface area contributed by atoms with Crippen LogP contribution in [0.4, 0.5) is 0 Å². The number of rotatable bonds is 7. The van der Waals surface area contributed by atoms with E-state index in [2.05, 4.69) is 17.1 Å². The van der Waals surface area contributed by atoms with Crippen molar-refractivity contribution in [3.05, 3.63) is 68.1 Å². The predicted octanol–water partition coefficient (Wildman–Crippen LogP) is 4.30. The van der Waals surface area contributed by atoms with E-state index in [9.17, 15) is 15.3 Å². The highest BCUT2D eigenvalue weighted by molar-refractivity contribution is 7.99. The number of aromatic nitrogens is 1. The van der Waals surface area contributed by atoms with Crippen molar-refractivity contribution in [1.29, 1.82) is 10.5 Å². The zero-order chi connectivity index (χ0) is 23.3. The smallest absolute Gasteiger partial charge is 0.338 e. The van der Waals surface area contributed by atoms with E-state index in [1.54, 1.807) is 6.92 Å². The van der Waals surface area contributed by atoms with Crippen LogP contribution in [0.5, 0.6) is 0 Å². The molecule has 1 atom stereocenters.